The molecule has 0 saturated heterocycles. The topological polar surface area (TPSA) is 113 Å². The summed E-state index contributed by atoms with van der Waals surface area (Å²) in [6.07, 6.45) is -4.94. The zero-order valence-electron chi connectivity index (χ0n) is 21.8. The molecule has 1 aliphatic heterocycles. The summed E-state index contributed by atoms with van der Waals surface area (Å²) in [4.78, 5) is 28.8. The molecule has 9 nitrogen and oxygen atoms in total. The van der Waals surface area contributed by atoms with Crippen molar-refractivity contribution in [2.45, 2.75) is 25.3 Å². The van der Waals surface area contributed by atoms with E-state index in [1.54, 1.807) is 18.2 Å². The van der Waals surface area contributed by atoms with Gasteiger partial charge in [-0.1, -0.05) is 29.8 Å². The Bertz CT molecular complexity index is 1910. The predicted molar refractivity (Wildman–Crippen MR) is 143 cm³/mol. The van der Waals surface area contributed by atoms with Gasteiger partial charge in [0.05, 0.1) is 18.1 Å². The number of benzene rings is 3. The summed E-state index contributed by atoms with van der Waals surface area (Å²) in [5.74, 6) is -5.12. The highest BCUT2D eigenvalue weighted by Crippen LogP contribution is 2.45. The van der Waals surface area contributed by atoms with Crippen molar-refractivity contribution in [2.24, 2.45) is 0 Å². The van der Waals surface area contributed by atoms with Gasteiger partial charge in [-0.25, -0.2) is 13.6 Å². The number of nitrogens with zero attached hydrogens (tertiary/aromatic N) is 2. The highest BCUT2D eigenvalue weighted by atomic mass is 35.5. The molecule has 0 spiro atoms. The monoisotopic (exact) mass is 620 g/mol. The van der Waals surface area contributed by atoms with Gasteiger partial charge >= 0.3 is 12.1 Å². The molecule has 5 aromatic rings. The zero-order valence-corrected chi connectivity index (χ0v) is 22.5. The highest BCUT2D eigenvalue weighted by molar-refractivity contribution is 6.30. The Labute approximate surface area is 242 Å². The van der Waals surface area contributed by atoms with Crippen molar-refractivity contribution in [1.82, 2.24) is 20.1 Å². The number of ether oxygens (including phenoxy) is 2. The van der Waals surface area contributed by atoms with E-state index >= 15 is 0 Å². The average Bonchev–Trinajstić information content (AvgIpc) is 3.56. The number of fused-ring (bicyclic) bond motifs is 2. The molecule has 43 heavy (non-hydrogen) atoms. The number of amides is 1. The lowest BCUT2D eigenvalue weighted by Crippen LogP contribution is -2.38. The largest absolute Gasteiger partial charge is 0.573 e. The van der Waals surface area contributed by atoms with E-state index in [0.717, 1.165) is 17.0 Å². The average molecular weight is 621 g/mol. The normalized spacial score (nSPS) is 15.3. The molecule has 2 aromatic heterocycles. The van der Waals surface area contributed by atoms with E-state index < -0.39 is 42.3 Å². The first-order valence-electron chi connectivity index (χ1n) is 12.5. The maximum atomic E-state index is 14.3. The first-order valence-corrected chi connectivity index (χ1v) is 12.9. The van der Waals surface area contributed by atoms with Crippen LogP contribution in [0, 0.1) is 0 Å². The number of para-hydroxylation sites is 1. The Kier molecular flexibility index (Phi) is 6.68. The maximum Gasteiger partial charge on any atom is 0.573 e. The summed E-state index contributed by atoms with van der Waals surface area (Å²) in [7, 11) is 0. The van der Waals surface area contributed by atoms with Crippen molar-refractivity contribution in [3.05, 3.63) is 93.1 Å². The van der Waals surface area contributed by atoms with E-state index in [0.29, 0.717) is 29.1 Å². The third kappa shape index (κ3) is 5.65. The standard InChI is InChI=1S/C28H18ClF5N4O5/c1-27(30,31)12-38-23(13-5-7-15(8-6-13)41-16-9-14(29)10-17(11-16)43-28(32,33)34)20-21(36-37-22(20)25(38)39)18-3-2-4-19-24(18)42-26(40)35-19/h2-11,23H,12H2,1H3,(H,35,40)(H,36,37). The van der Waals surface area contributed by atoms with Crippen LogP contribution in [0.2, 0.25) is 5.02 Å². The second-order valence-electron chi connectivity index (χ2n) is 9.80. The van der Waals surface area contributed by atoms with E-state index in [-0.39, 0.29) is 33.5 Å². The molecule has 1 aliphatic rings. The third-order valence-corrected chi connectivity index (χ3v) is 6.74. The van der Waals surface area contributed by atoms with Gasteiger partial charge in [-0.05, 0) is 42.0 Å². The van der Waals surface area contributed by atoms with E-state index in [2.05, 4.69) is 19.9 Å². The summed E-state index contributed by atoms with van der Waals surface area (Å²) in [5.41, 5.74) is 1.82. The second-order valence-corrected chi connectivity index (χ2v) is 10.2. The molecule has 3 heterocycles. The fraction of sp³-hybridized carbons (Fsp3) is 0.179. The summed E-state index contributed by atoms with van der Waals surface area (Å²) in [5, 5.41) is 6.85. The number of alkyl halides is 5. The molecule has 0 fully saturated rings. The SMILES string of the molecule is CC(F)(F)CN1C(=O)c2[nH]nc(-c3cccc4[nH]c(=O)oc34)c2C1c1ccc(Oc2cc(Cl)cc(OC(F)(F)F)c2)cc1. The zero-order chi connectivity index (χ0) is 30.7. The number of aromatic amines is 2. The van der Waals surface area contributed by atoms with Crippen molar-refractivity contribution in [3.8, 4) is 28.5 Å². The Balaban J connectivity index is 1.38. The van der Waals surface area contributed by atoms with Crippen LogP contribution in [0.25, 0.3) is 22.4 Å². The molecular weight excluding hydrogens is 603 g/mol. The van der Waals surface area contributed by atoms with Gasteiger partial charge in [0.15, 0.2) is 5.58 Å². The van der Waals surface area contributed by atoms with Crippen LogP contribution in [-0.2, 0) is 0 Å². The highest BCUT2D eigenvalue weighted by Gasteiger charge is 2.45. The molecular formula is C28H18ClF5N4O5. The number of rotatable bonds is 7. The minimum atomic E-state index is -4.94. The molecule has 1 atom stereocenters. The van der Waals surface area contributed by atoms with Crippen molar-refractivity contribution in [2.75, 3.05) is 6.54 Å². The van der Waals surface area contributed by atoms with Crippen molar-refractivity contribution < 1.29 is 40.6 Å². The number of carbonyl (C=O) groups is 1. The lowest BCUT2D eigenvalue weighted by atomic mass is 9.95. The molecule has 0 aliphatic carbocycles. The van der Waals surface area contributed by atoms with E-state index in [1.807, 2.05) is 0 Å². The first-order chi connectivity index (χ1) is 20.3. The Morgan fingerprint density at radius 1 is 1.00 bits per heavy atom. The number of H-pyrrole nitrogens is 2. The number of hydrogen-bond acceptors (Lipinski definition) is 6. The fourth-order valence-corrected chi connectivity index (χ4v) is 5.23. The molecule has 222 valence electrons. The van der Waals surface area contributed by atoms with Crippen LogP contribution >= 0.6 is 11.6 Å². The molecule has 0 saturated carbocycles. The van der Waals surface area contributed by atoms with Gasteiger partial charge in [0.25, 0.3) is 11.8 Å². The molecule has 0 bridgehead atoms. The van der Waals surface area contributed by atoms with Gasteiger partial charge in [0, 0.05) is 29.1 Å². The predicted octanol–water partition coefficient (Wildman–Crippen LogP) is 7.06. The van der Waals surface area contributed by atoms with E-state index in [9.17, 15) is 31.5 Å². The van der Waals surface area contributed by atoms with E-state index in [1.165, 1.54) is 30.3 Å². The molecule has 1 unspecified atom stereocenters. The van der Waals surface area contributed by atoms with Gasteiger partial charge in [0.1, 0.15) is 28.6 Å². The summed E-state index contributed by atoms with van der Waals surface area (Å²) in [6, 6.07) is 13.0. The van der Waals surface area contributed by atoms with Gasteiger partial charge in [-0.2, -0.15) is 5.10 Å². The van der Waals surface area contributed by atoms with Crippen LogP contribution in [0.5, 0.6) is 17.2 Å². The molecule has 15 heteroatoms. The van der Waals surface area contributed by atoms with Crippen LogP contribution in [-0.4, -0.2) is 44.8 Å². The summed E-state index contributed by atoms with van der Waals surface area (Å²) in [6.45, 7) is -0.221. The number of oxazole rings is 1. The molecule has 2 N–H and O–H groups in total. The number of hydrogen-bond donors (Lipinski definition) is 2. The lowest BCUT2D eigenvalue weighted by Gasteiger charge is -2.28. The second kappa shape index (κ2) is 10.2. The van der Waals surface area contributed by atoms with Crippen molar-refractivity contribution >= 4 is 28.6 Å². The lowest BCUT2D eigenvalue weighted by molar-refractivity contribution is -0.274. The number of halogens is 6. The van der Waals surface area contributed by atoms with Crippen molar-refractivity contribution in [3.63, 3.8) is 0 Å². The van der Waals surface area contributed by atoms with Crippen LogP contribution in [0.4, 0.5) is 22.0 Å². The van der Waals surface area contributed by atoms with E-state index in [4.69, 9.17) is 20.8 Å². The van der Waals surface area contributed by atoms with Crippen molar-refractivity contribution in [1.29, 1.82) is 0 Å². The Morgan fingerprint density at radius 2 is 1.72 bits per heavy atom. The number of aromatic nitrogens is 3. The van der Waals surface area contributed by atoms with Gasteiger partial charge in [-0.15, -0.1) is 13.2 Å². The first kappa shape index (κ1) is 28.3. The van der Waals surface area contributed by atoms with Gasteiger partial charge in [0.2, 0.25) is 0 Å². The summed E-state index contributed by atoms with van der Waals surface area (Å²) >= 11 is 5.92. The number of nitrogens with one attached hydrogen (secondary N) is 2. The van der Waals surface area contributed by atoms with Gasteiger partial charge in [-0.3, -0.25) is 14.9 Å². The molecule has 0 radical (unpaired) electrons. The van der Waals surface area contributed by atoms with Crippen LogP contribution in [0.1, 0.15) is 34.6 Å². The quantitative estimate of drug-likeness (QED) is 0.188. The molecule has 1 amide bonds. The minimum Gasteiger partial charge on any atom is -0.457 e. The Hall–Kier alpha value is -4.85. The smallest absolute Gasteiger partial charge is 0.457 e. The minimum absolute atomic E-state index is 0.00409. The van der Waals surface area contributed by atoms with Crippen LogP contribution in [0.3, 0.4) is 0 Å². The van der Waals surface area contributed by atoms with Crippen LogP contribution < -0.4 is 15.2 Å². The van der Waals surface area contributed by atoms with Gasteiger partial charge < -0.3 is 18.8 Å². The van der Waals surface area contributed by atoms with Crippen LogP contribution in [0.15, 0.2) is 69.9 Å². The summed E-state index contributed by atoms with van der Waals surface area (Å²) < 4.78 is 81.5. The molecule has 3 aromatic carbocycles. The molecule has 6 rings (SSSR count). The maximum absolute atomic E-state index is 14.3. The Morgan fingerprint density at radius 3 is 2.42 bits per heavy atom. The number of carbonyl (C=O) groups excluding carboxylic acids is 1. The fourth-order valence-electron chi connectivity index (χ4n) is 5.01. The third-order valence-electron chi connectivity index (χ3n) is 6.52.